The minimum absolute atomic E-state index is 0.000334. The van der Waals surface area contributed by atoms with E-state index < -0.39 is 84.2 Å². The largest absolute Gasteiger partial charge is 0.548 e. The Morgan fingerprint density at radius 3 is 1.81 bits per heavy atom. The van der Waals surface area contributed by atoms with Crippen molar-refractivity contribution in [1.82, 2.24) is 26.2 Å². The molecular formula is C32H62N12O8. The fourth-order valence-corrected chi connectivity index (χ4v) is 5.21. The summed E-state index contributed by atoms with van der Waals surface area (Å²) in [6.07, 6.45) is -1.50. The standard InChI is InChI=1S/C32H62N12O8/c1-17(2)24(42-28(49)25(18(3)4)41-26(47)22(44(7,8)9)11-10-14-38-31(34)35)27(48)40-20(15-19(45)16-39-32(36)37-5)29(50)43(6)21(30(51)52)12-13-23(33)46/h17-22,24-25,45H,10-16H2,1-9H3,(H12-,33,34,35,36,37,38,39,40,41,42,46,47,48,49,51,52)/t19?,20-,21-,22-,24-,25-/m0/s1. The van der Waals surface area contributed by atoms with Crippen molar-refractivity contribution in [3.05, 3.63) is 0 Å². The van der Waals surface area contributed by atoms with Gasteiger partial charge in [0.25, 0.3) is 5.91 Å². The van der Waals surface area contributed by atoms with Gasteiger partial charge in [-0.05, 0) is 24.7 Å². The number of hydrogen-bond acceptors (Lipinski definition) is 10. The second kappa shape index (κ2) is 22.3. The van der Waals surface area contributed by atoms with E-state index in [4.69, 9.17) is 22.9 Å². The lowest BCUT2D eigenvalue weighted by molar-refractivity contribution is -0.886. The number of quaternary nitrogens is 1. The topological polar surface area (TPSA) is 326 Å². The lowest BCUT2D eigenvalue weighted by Gasteiger charge is -2.35. The van der Waals surface area contributed by atoms with Gasteiger partial charge in [0.1, 0.15) is 18.1 Å². The minimum Gasteiger partial charge on any atom is -0.548 e. The molecule has 0 spiro atoms. The molecular weight excluding hydrogens is 680 g/mol. The van der Waals surface area contributed by atoms with Crippen LogP contribution in [0.4, 0.5) is 0 Å². The number of guanidine groups is 2. The summed E-state index contributed by atoms with van der Waals surface area (Å²) >= 11 is 0. The van der Waals surface area contributed by atoms with Crippen LogP contribution >= 0.6 is 0 Å². The molecule has 298 valence electrons. The Morgan fingerprint density at radius 1 is 0.846 bits per heavy atom. The summed E-state index contributed by atoms with van der Waals surface area (Å²) in [6.45, 7) is 6.91. The van der Waals surface area contributed by atoms with E-state index in [1.165, 1.54) is 7.05 Å². The molecule has 0 heterocycles. The third-order valence-electron chi connectivity index (χ3n) is 8.29. The van der Waals surface area contributed by atoms with E-state index >= 15 is 0 Å². The van der Waals surface area contributed by atoms with Crippen LogP contribution in [0.2, 0.25) is 0 Å². The number of aliphatic imine (C=N–C) groups is 2. The number of carboxylic acid groups (broad SMARTS) is 1. The second-order valence-electron chi connectivity index (χ2n) is 14.3. The third kappa shape index (κ3) is 17.0. The second-order valence-corrected chi connectivity index (χ2v) is 14.3. The summed E-state index contributed by atoms with van der Waals surface area (Å²) in [5, 5.41) is 33.3. The number of nitrogens with two attached hydrogens (primary N) is 4. The fourth-order valence-electron chi connectivity index (χ4n) is 5.21. The molecule has 0 rings (SSSR count). The van der Waals surface area contributed by atoms with Crippen LogP contribution in [0.1, 0.15) is 59.8 Å². The lowest BCUT2D eigenvalue weighted by Crippen LogP contribution is -2.62. The number of nitrogens with one attached hydrogen (secondary N) is 4. The van der Waals surface area contributed by atoms with E-state index in [9.17, 15) is 39.0 Å². The molecule has 20 nitrogen and oxygen atoms in total. The van der Waals surface area contributed by atoms with Gasteiger partial charge in [-0.3, -0.25) is 34.0 Å². The first-order valence-corrected chi connectivity index (χ1v) is 17.1. The Bertz CT molecular complexity index is 1280. The van der Waals surface area contributed by atoms with Gasteiger partial charge in [0, 0.05) is 46.4 Å². The molecule has 6 atom stereocenters. The first kappa shape index (κ1) is 47.3. The number of nitrogens with zero attached hydrogens (tertiary/aromatic N) is 4. The maximum absolute atomic E-state index is 13.8. The number of carbonyl (C=O) groups is 6. The van der Waals surface area contributed by atoms with Gasteiger partial charge in [-0.15, -0.1) is 0 Å². The van der Waals surface area contributed by atoms with Crippen molar-refractivity contribution in [1.29, 1.82) is 0 Å². The molecule has 0 aliphatic rings. The van der Waals surface area contributed by atoms with Crippen molar-refractivity contribution < 1.29 is 43.5 Å². The van der Waals surface area contributed by atoms with Gasteiger partial charge >= 0.3 is 0 Å². The predicted molar refractivity (Wildman–Crippen MR) is 193 cm³/mol. The fraction of sp³-hybridized carbons (Fsp3) is 0.750. The number of amides is 5. The highest BCUT2D eigenvalue weighted by Gasteiger charge is 2.38. The number of hydrogen-bond donors (Lipinski definition) is 9. The maximum atomic E-state index is 13.8. The van der Waals surface area contributed by atoms with E-state index in [1.807, 2.05) is 21.1 Å². The molecule has 0 aromatic carbocycles. The van der Waals surface area contributed by atoms with Gasteiger partial charge in [0.05, 0.1) is 39.3 Å². The van der Waals surface area contributed by atoms with Gasteiger partial charge in [0.2, 0.25) is 23.6 Å². The van der Waals surface area contributed by atoms with Crippen LogP contribution in [0.3, 0.4) is 0 Å². The van der Waals surface area contributed by atoms with E-state index in [0.717, 1.165) is 11.9 Å². The van der Waals surface area contributed by atoms with Crippen LogP contribution in [-0.4, -0.2) is 147 Å². The summed E-state index contributed by atoms with van der Waals surface area (Å²) in [5.74, 6) is -6.23. The highest BCUT2D eigenvalue weighted by Crippen LogP contribution is 2.15. The van der Waals surface area contributed by atoms with Crippen LogP contribution in [0, 0.1) is 11.8 Å². The Kier molecular flexibility index (Phi) is 20.2. The molecule has 0 saturated carbocycles. The normalized spacial score (nSPS) is 15.3. The van der Waals surface area contributed by atoms with Crippen molar-refractivity contribution in [2.24, 2.45) is 44.8 Å². The summed E-state index contributed by atoms with van der Waals surface area (Å²) < 4.78 is 0.252. The molecule has 52 heavy (non-hydrogen) atoms. The number of likely N-dealkylation sites (N-methyl/N-ethyl adjacent to an activating group) is 2. The summed E-state index contributed by atoms with van der Waals surface area (Å²) in [6, 6.07) is -5.94. The van der Waals surface area contributed by atoms with Gasteiger partial charge in [0.15, 0.2) is 18.0 Å². The predicted octanol–water partition coefficient (Wildman–Crippen LogP) is -4.99. The Hall–Kier alpha value is -4.72. The Labute approximate surface area is 306 Å². The molecule has 5 amide bonds. The molecule has 0 aromatic rings. The van der Waals surface area contributed by atoms with Crippen molar-refractivity contribution >= 4 is 47.4 Å². The molecule has 20 heteroatoms. The van der Waals surface area contributed by atoms with Crippen LogP contribution < -0.4 is 49.3 Å². The molecule has 1 unspecified atom stereocenters. The minimum atomic E-state index is -1.66. The summed E-state index contributed by atoms with van der Waals surface area (Å²) in [5.41, 5.74) is 21.6. The van der Waals surface area contributed by atoms with Gasteiger partial charge in [-0.2, -0.15) is 0 Å². The maximum Gasteiger partial charge on any atom is 0.279 e. The van der Waals surface area contributed by atoms with Crippen molar-refractivity contribution in [2.75, 3.05) is 48.3 Å². The average molecular weight is 743 g/mol. The quantitative estimate of drug-likeness (QED) is 0.0206. The van der Waals surface area contributed by atoms with Crippen LogP contribution in [0.25, 0.3) is 0 Å². The van der Waals surface area contributed by atoms with Gasteiger partial charge < -0.3 is 68.6 Å². The SMILES string of the molecule is CN=C(N)NCC(O)C[C@H](NC(=O)[C@@H](NC(=O)[C@@H](NC(=O)[C@H](CCCN=C(N)N)[N+](C)(C)C)C(C)C)C(C)C)C(=O)N(C)[C@@H](CCC(N)=O)C(=O)[O-]. The van der Waals surface area contributed by atoms with Crippen LogP contribution in [0.15, 0.2) is 9.98 Å². The monoisotopic (exact) mass is 742 g/mol. The molecule has 0 aliphatic heterocycles. The van der Waals surface area contributed by atoms with Crippen LogP contribution in [-0.2, 0) is 28.8 Å². The number of rotatable bonds is 23. The number of aliphatic hydroxyl groups excluding tert-OH is 1. The molecule has 0 fully saturated rings. The lowest BCUT2D eigenvalue weighted by atomic mass is 9.98. The zero-order chi connectivity index (χ0) is 40.5. The zero-order valence-electron chi connectivity index (χ0n) is 32.0. The Balaban J connectivity index is 6.30. The van der Waals surface area contributed by atoms with Crippen molar-refractivity contribution in [3.63, 3.8) is 0 Å². The van der Waals surface area contributed by atoms with E-state index in [2.05, 4.69) is 31.3 Å². The molecule has 0 bridgehead atoms. The van der Waals surface area contributed by atoms with Crippen molar-refractivity contribution in [2.45, 2.75) is 96.1 Å². The highest BCUT2D eigenvalue weighted by molar-refractivity contribution is 5.95. The summed E-state index contributed by atoms with van der Waals surface area (Å²) in [7, 11) is 8.09. The first-order valence-electron chi connectivity index (χ1n) is 17.1. The molecule has 0 aromatic heterocycles. The highest BCUT2D eigenvalue weighted by atomic mass is 16.4. The average Bonchev–Trinajstić information content (AvgIpc) is 3.02. The van der Waals surface area contributed by atoms with E-state index in [0.29, 0.717) is 19.4 Å². The number of aliphatic hydroxyl groups is 1. The zero-order valence-corrected chi connectivity index (χ0v) is 32.0. The third-order valence-corrected chi connectivity index (χ3v) is 8.29. The van der Waals surface area contributed by atoms with E-state index in [-0.39, 0.29) is 41.7 Å². The Morgan fingerprint density at radius 2 is 1.37 bits per heavy atom. The molecule has 0 saturated heterocycles. The molecule has 0 aliphatic carbocycles. The number of carboxylic acids is 1. The number of primary amides is 1. The molecule has 13 N–H and O–H groups in total. The summed E-state index contributed by atoms with van der Waals surface area (Å²) in [4.78, 5) is 86.4. The smallest absolute Gasteiger partial charge is 0.279 e. The number of aliphatic carboxylic acids is 1. The van der Waals surface area contributed by atoms with Crippen LogP contribution in [0.5, 0.6) is 0 Å². The van der Waals surface area contributed by atoms with Gasteiger partial charge in [-0.25, -0.2) is 0 Å². The molecule has 0 radical (unpaired) electrons. The van der Waals surface area contributed by atoms with E-state index in [1.54, 1.807) is 27.7 Å². The van der Waals surface area contributed by atoms with Gasteiger partial charge in [-0.1, -0.05) is 27.7 Å². The number of carbonyl (C=O) groups excluding carboxylic acids is 6. The first-order chi connectivity index (χ1) is 23.9. The van der Waals surface area contributed by atoms with Crippen molar-refractivity contribution in [3.8, 4) is 0 Å².